The molecule has 6 heteroatoms. The Morgan fingerprint density at radius 3 is 2.71 bits per heavy atom. The maximum Gasteiger partial charge on any atom is 0.327 e. The van der Waals surface area contributed by atoms with Crippen LogP contribution in [-0.2, 0) is 0 Å². The van der Waals surface area contributed by atoms with Crippen LogP contribution in [0.4, 0.5) is 15.3 Å². The first-order valence-corrected chi connectivity index (χ1v) is 3.87. The van der Waals surface area contributed by atoms with Crippen LogP contribution in [0.1, 0.15) is 5.56 Å². The van der Waals surface area contributed by atoms with E-state index in [1.165, 1.54) is 6.20 Å². The zero-order chi connectivity index (χ0) is 10.6. The number of carbonyl (C=O) groups excluding carboxylic acids is 2. The molecule has 0 aliphatic rings. The number of carbonyl (C=O) groups is 2. The lowest BCUT2D eigenvalue weighted by atomic mass is 10.3. The second kappa shape index (κ2) is 4.22. The number of hydrogen-bond donors (Lipinski definition) is 3. The molecule has 14 heavy (non-hydrogen) atoms. The predicted octanol–water partition coefficient (Wildman–Crippen LogP) is 0.590. The number of nitrogens with zero attached hydrogens (tertiary/aromatic N) is 1. The molecule has 0 atom stereocenters. The van der Waals surface area contributed by atoms with Gasteiger partial charge in [0, 0.05) is 6.20 Å². The lowest BCUT2D eigenvalue weighted by molar-refractivity contribution is 0.238. The van der Waals surface area contributed by atoms with Gasteiger partial charge in [-0.3, -0.25) is 10.3 Å². The molecule has 0 spiro atoms. The third-order valence-electron chi connectivity index (χ3n) is 1.37. The number of anilines is 1. The number of primary amides is 1. The molecule has 0 aliphatic carbocycles. The van der Waals surface area contributed by atoms with E-state index in [2.05, 4.69) is 10.3 Å². The van der Waals surface area contributed by atoms with Gasteiger partial charge in [-0.15, -0.1) is 0 Å². The van der Waals surface area contributed by atoms with Crippen LogP contribution in [0.25, 0.3) is 0 Å². The van der Waals surface area contributed by atoms with Gasteiger partial charge in [-0.05, 0) is 18.6 Å². The summed E-state index contributed by atoms with van der Waals surface area (Å²) in [6.45, 7) is 1.84. The molecule has 0 fully saturated rings. The van der Waals surface area contributed by atoms with Crippen molar-refractivity contribution < 1.29 is 9.59 Å². The Kier molecular flexibility index (Phi) is 3.01. The Balaban J connectivity index is 2.60. The fourth-order valence-corrected chi connectivity index (χ4v) is 0.898. The largest absolute Gasteiger partial charge is 0.351 e. The molecular formula is C8H10N4O2. The SMILES string of the molecule is Cc1cncc(NC(=O)NC(N)=O)c1. The molecular weight excluding hydrogens is 184 g/mol. The molecule has 0 radical (unpaired) electrons. The Bertz CT molecular complexity index is 364. The van der Waals surface area contributed by atoms with E-state index in [0.717, 1.165) is 5.56 Å². The fraction of sp³-hybridized carbons (Fsp3) is 0.125. The molecule has 1 rings (SSSR count). The molecule has 0 bridgehead atoms. The van der Waals surface area contributed by atoms with Crippen LogP contribution in [0, 0.1) is 6.92 Å². The van der Waals surface area contributed by atoms with Crippen molar-refractivity contribution >= 4 is 17.7 Å². The quantitative estimate of drug-likeness (QED) is 0.610. The van der Waals surface area contributed by atoms with Crippen LogP contribution in [0.3, 0.4) is 0 Å². The molecule has 1 heterocycles. The lowest BCUT2D eigenvalue weighted by Crippen LogP contribution is -2.38. The predicted molar refractivity (Wildman–Crippen MR) is 50.7 cm³/mol. The smallest absolute Gasteiger partial charge is 0.327 e. The highest BCUT2D eigenvalue weighted by molar-refractivity contribution is 5.99. The van der Waals surface area contributed by atoms with Crippen LogP contribution in [0.15, 0.2) is 18.5 Å². The van der Waals surface area contributed by atoms with Gasteiger partial charge < -0.3 is 11.1 Å². The molecule has 0 saturated carbocycles. The maximum atomic E-state index is 11.0. The molecule has 6 nitrogen and oxygen atoms in total. The first-order chi connectivity index (χ1) is 6.58. The van der Waals surface area contributed by atoms with Crippen molar-refractivity contribution in [3.05, 3.63) is 24.0 Å². The molecule has 74 valence electrons. The molecule has 0 aliphatic heterocycles. The Hall–Kier alpha value is -2.11. The number of hydrogen-bond acceptors (Lipinski definition) is 3. The zero-order valence-electron chi connectivity index (χ0n) is 7.57. The van der Waals surface area contributed by atoms with Crippen molar-refractivity contribution in [1.29, 1.82) is 0 Å². The van der Waals surface area contributed by atoms with E-state index in [-0.39, 0.29) is 0 Å². The zero-order valence-corrected chi connectivity index (χ0v) is 7.57. The molecule has 4 amide bonds. The van der Waals surface area contributed by atoms with Crippen molar-refractivity contribution in [1.82, 2.24) is 10.3 Å². The Morgan fingerprint density at radius 2 is 2.14 bits per heavy atom. The minimum absolute atomic E-state index is 0.503. The number of aryl methyl sites for hydroxylation is 1. The summed E-state index contributed by atoms with van der Waals surface area (Å²) in [5, 5.41) is 4.27. The van der Waals surface area contributed by atoms with Crippen LogP contribution in [-0.4, -0.2) is 17.0 Å². The van der Waals surface area contributed by atoms with Crippen LogP contribution in [0.5, 0.6) is 0 Å². The molecule has 0 aromatic carbocycles. The minimum atomic E-state index is -0.900. The van der Waals surface area contributed by atoms with E-state index in [9.17, 15) is 9.59 Å². The van der Waals surface area contributed by atoms with Crippen molar-refractivity contribution in [2.24, 2.45) is 5.73 Å². The third-order valence-corrected chi connectivity index (χ3v) is 1.37. The summed E-state index contributed by atoms with van der Waals surface area (Å²) < 4.78 is 0. The van der Waals surface area contributed by atoms with Gasteiger partial charge in [0.05, 0.1) is 11.9 Å². The second-order valence-electron chi connectivity index (χ2n) is 2.69. The van der Waals surface area contributed by atoms with Gasteiger partial charge >= 0.3 is 12.1 Å². The van der Waals surface area contributed by atoms with E-state index in [0.29, 0.717) is 5.69 Å². The average molecular weight is 194 g/mol. The van der Waals surface area contributed by atoms with Gasteiger partial charge in [0.1, 0.15) is 0 Å². The third kappa shape index (κ3) is 3.10. The number of amides is 4. The highest BCUT2D eigenvalue weighted by Gasteiger charge is 2.03. The second-order valence-corrected chi connectivity index (χ2v) is 2.69. The monoisotopic (exact) mass is 194 g/mol. The lowest BCUT2D eigenvalue weighted by Gasteiger charge is -2.04. The summed E-state index contributed by atoms with van der Waals surface area (Å²) in [7, 11) is 0. The van der Waals surface area contributed by atoms with Crippen LogP contribution < -0.4 is 16.4 Å². The summed E-state index contributed by atoms with van der Waals surface area (Å²) in [6, 6.07) is 0.140. The highest BCUT2D eigenvalue weighted by Crippen LogP contribution is 2.06. The fourth-order valence-electron chi connectivity index (χ4n) is 0.898. The van der Waals surface area contributed by atoms with Gasteiger partial charge in [0.25, 0.3) is 0 Å². The average Bonchev–Trinajstić information content (AvgIpc) is 2.01. The normalized spacial score (nSPS) is 9.21. The standard InChI is InChI=1S/C8H10N4O2/c1-5-2-6(4-10-3-5)11-8(14)12-7(9)13/h2-4H,1H3,(H4,9,11,12,13,14). The Morgan fingerprint density at radius 1 is 1.43 bits per heavy atom. The van der Waals surface area contributed by atoms with E-state index in [1.807, 2.05) is 12.2 Å². The van der Waals surface area contributed by atoms with E-state index < -0.39 is 12.1 Å². The number of pyridine rings is 1. The topological polar surface area (TPSA) is 97.1 Å². The summed E-state index contributed by atoms with van der Waals surface area (Å²) in [5.41, 5.74) is 6.16. The van der Waals surface area contributed by atoms with Gasteiger partial charge in [0.2, 0.25) is 0 Å². The first kappa shape index (κ1) is 9.97. The van der Waals surface area contributed by atoms with Crippen LogP contribution in [0.2, 0.25) is 0 Å². The van der Waals surface area contributed by atoms with Crippen molar-refractivity contribution in [2.45, 2.75) is 6.92 Å². The number of rotatable bonds is 1. The summed E-state index contributed by atoms with van der Waals surface area (Å²) in [6.07, 6.45) is 3.12. The van der Waals surface area contributed by atoms with Crippen molar-refractivity contribution in [3.8, 4) is 0 Å². The first-order valence-electron chi connectivity index (χ1n) is 3.87. The van der Waals surface area contributed by atoms with Gasteiger partial charge in [-0.1, -0.05) is 0 Å². The minimum Gasteiger partial charge on any atom is -0.351 e. The summed E-state index contributed by atoms with van der Waals surface area (Å²) >= 11 is 0. The van der Waals surface area contributed by atoms with Gasteiger partial charge in [-0.2, -0.15) is 0 Å². The maximum absolute atomic E-state index is 11.0. The summed E-state index contributed by atoms with van der Waals surface area (Å²) in [4.78, 5) is 25.1. The van der Waals surface area contributed by atoms with Gasteiger partial charge in [-0.25, -0.2) is 9.59 Å². The van der Waals surface area contributed by atoms with Crippen molar-refractivity contribution in [2.75, 3.05) is 5.32 Å². The number of nitrogens with two attached hydrogens (primary N) is 1. The van der Waals surface area contributed by atoms with Crippen molar-refractivity contribution in [3.63, 3.8) is 0 Å². The molecule has 1 aromatic heterocycles. The molecule has 4 N–H and O–H groups in total. The molecule has 0 saturated heterocycles. The van der Waals surface area contributed by atoms with Crippen LogP contribution >= 0.6 is 0 Å². The number of nitrogens with one attached hydrogen (secondary N) is 2. The van der Waals surface area contributed by atoms with E-state index in [4.69, 9.17) is 5.73 Å². The number of urea groups is 2. The highest BCUT2D eigenvalue weighted by atomic mass is 16.2. The van der Waals surface area contributed by atoms with E-state index >= 15 is 0 Å². The number of aromatic nitrogens is 1. The molecule has 0 unspecified atom stereocenters. The summed E-state index contributed by atoms with van der Waals surface area (Å²) in [5.74, 6) is 0. The Labute approximate surface area is 80.5 Å². The van der Waals surface area contributed by atoms with E-state index in [1.54, 1.807) is 12.3 Å². The van der Waals surface area contributed by atoms with Gasteiger partial charge in [0.15, 0.2) is 0 Å². The molecule has 1 aromatic rings. The number of imide groups is 1.